The van der Waals surface area contributed by atoms with Crippen LogP contribution in [0.4, 0.5) is 0 Å². The van der Waals surface area contributed by atoms with Gasteiger partial charge in [-0.1, -0.05) is 13.8 Å². The van der Waals surface area contributed by atoms with Crippen LogP contribution in [0.25, 0.3) is 0 Å². The van der Waals surface area contributed by atoms with Gasteiger partial charge in [-0.2, -0.15) is 0 Å². The average Bonchev–Trinajstić information content (AvgIpc) is 3.01. The van der Waals surface area contributed by atoms with Gasteiger partial charge in [0.1, 0.15) is 5.75 Å². The summed E-state index contributed by atoms with van der Waals surface area (Å²) in [6.45, 7) is 7.01. The number of rotatable bonds is 8. The summed E-state index contributed by atoms with van der Waals surface area (Å²) in [5.74, 6) is 0.0880. The molecule has 1 amide bonds. The molecule has 0 heterocycles. The zero-order chi connectivity index (χ0) is 12.8. The minimum Gasteiger partial charge on any atom is -0.353 e. The van der Waals surface area contributed by atoms with Gasteiger partial charge in [-0.15, -0.1) is 0 Å². The van der Waals surface area contributed by atoms with Crippen molar-refractivity contribution in [3.8, 4) is 0 Å². The predicted molar refractivity (Wildman–Crippen MR) is 71.4 cm³/mol. The molecule has 1 fully saturated rings. The summed E-state index contributed by atoms with van der Waals surface area (Å²) in [5.41, 5.74) is 0. The maximum Gasteiger partial charge on any atom is 0.232 e. The third-order valence-electron chi connectivity index (χ3n) is 2.90. The van der Waals surface area contributed by atoms with E-state index in [-0.39, 0.29) is 16.9 Å². The predicted octanol–water partition coefficient (Wildman–Crippen LogP) is 0.790. The quantitative estimate of drug-likeness (QED) is 0.678. The molecule has 0 aromatic carbocycles. The Morgan fingerprint density at radius 1 is 1.41 bits per heavy atom. The number of hydrogen-bond donors (Lipinski definition) is 2. The van der Waals surface area contributed by atoms with Gasteiger partial charge in [-0.3, -0.25) is 9.00 Å². The van der Waals surface area contributed by atoms with Gasteiger partial charge in [0, 0.05) is 28.1 Å². The third kappa shape index (κ3) is 6.17. The SMILES string of the molecule is CCNC(C)CC(C)S(=O)CC(=O)NC1CC1. The van der Waals surface area contributed by atoms with Crippen LogP contribution in [0.1, 0.15) is 40.0 Å². The van der Waals surface area contributed by atoms with E-state index in [0.717, 1.165) is 25.8 Å². The van der Waals surface area contributed by atoms with Crippen LogP contribution in [-0.4, -0.2) is 39.7 Å². The van der Waals surface area contributed by atoms with Crippen LogP contribution in [0.2, 0.25) is 0 Å². The highest BCUT2D eigenvalue weighted by Crippen LogP contribution is 2.18. The number of carbonyl (C=O) groups excluding carboxylic acids is 1. The molecule has 1 saturated carbocycles. The van der Waals surface area contributed by atoms with Gasteiger partial charge < -0.3 is 10.6 Å². The van der Waals surface area contributed by atoms with Crippen molar-refractivity contribution in [2.75, 3.05) is 12.3 Å². The normalized spacial score (nSPS) is 20.6. The highest BCUT2D eigenvalue weighted by atomic mass is 32.2. The first-order chi connectivity index (χ1) is 8.02. The van der Waals surface area contributed by atoms with Gasteiger partial charge >= 0.3 is 0 Å². The lowest BCUT2D eigenvalue weighted by atomic mass is 10.2. The smallest absolute Gasteiger partial charge is 0.232 e. The van der Waals surface area contributed by atoms with E-state index in [1.165, 1.54) is 0 Å². The lowest BCUT2D eigenvalue weighted by molar-refractivity contribution is -0.118. The molecule has 100 valence electrons. The highest BCUT2D eigenvalue weighted by Gasteiger charge is 2.25. The van der Waals surface area contributed by atoms with Gasteiger partial charge in [0.15, 0.2) is 0 Å². The Labute approximate surface area is 106 Å². The van der Waals surface area contributed by atoms with E-state index in [9.17, 15) is 9.00 Å². The Balaban J connectivity index is 2.22. The second-order valence-electron chi connectivity index (χ2n) is 4.87. The summed E-state index contributed by atoms with van der Waals surface area (Å²) < 4.78 is 11.9. The van der Waals surface area contributed by atoms with E-state index >= 15 is 0 Å². The fourth-order valence-corrected chi connectivity index (χ4v) is 2.94. The van der Waals surface area contributed by atoms with Crippen molar-refractivity contribution >= 4 is 16.7 Å². The minimum atomic E-state index is -1.06. The van der Waals surface area contributed by atoms with Gasteiger partial charge in [-0.05, 0) is 32.7 Å². The number of nitrogens with one attached hydrogen (secondary N) is 2. The van der Waals surface area contributed by atoms with Crippen molar-refractivity contribution in [3.05, 3.63) is 0 Å². The molecule has 0 saturated heterocycles. The van der Waals surface area contributed by atoms with E-state index in [2.05, 4.69) is 24.5 Å². The fourth-order valence-electron chi connectivity index (χ4n) is 1.81. The van der Waals surface area contributed by atoms with E-state index in [0.29, 0.717) is 12.1 Å². The van der Waals surface area contributed by atoms with Crippen molar-refractivity contribution in [3.63, 3.8) is 0 Å². The molecule has 0 aromatic rings. The van der Waals surface area contributed by atoms with Crippen molar-refractivity contribution < 1.29 is 9.00 Å². The van der Waals surface area contributed by atoms with Gasteiger partial charge in [0.2, 0.25) is 5.91 Å². The third-order valence-corrected chi connectivity index (χ3v) is 4.54. The van der Waals surface area contributed by atoms with Gasteiger partial charge in [0.05, 0.1) is 0 Å². The lowest BCUT2D eigenvalue weighted by Crippen LogP contribution is -2.35. The molecule has 5 heteroatoms. The van der Waals surface area contributed by atoms with Crippen LogP contribution in [0.15, 0.2) is 0 Å². The molecule has 1 aliphatic rings. The molecule has 0 aliphatic heterocycles. The van der Waals surface area contributed by atoms with Crippen LogP contribution in [0.5, 0.6) is 0 Å². The number of carbonyl (C=O) groups is 1. The van der Waals surface area contributed by atoms with Crippen LogP contribution in [-0.2, 0) is 15.6 Å². The Bertz CT molecular complexity index is 280. The first-order valence-corrected chi connectivity index (χ1v) is 7.81. The largest absolute Gasteiger partial charge is 0.353 e. The van der Waals surface area contributed by atoms with E-state index in [1.807, 2.05) is 6.92 Å². The Morgan fingerprint density at radius 2 is 2.06 bits per heavy atom. The second kappa shape index (κ2) is 7.11. The minimum absolute atomic E-state index is 0.0613. The van der Waals surface area contributed by atoms with Gasteiger partial charge in [-0.25, -0.2) is 0 Å². The first-order valence-electron chi connectivity index (χ1n) is 6.42. The monoisotopic (exact) mass is 260 g/mol. The summed E-state index contributed by atoms with van der Waals surface area (Å²) in [6, 6.07) is 0.709. The zero-order valence-electron chi connectivity index (χ0n) is 11.0. The Kier molecular flexibility index (Phi) is 6.12. The summed E-state index contributed by atoms with van der Waals surface area (Å²) in [5, 5.41) is 6.23. The van der Waals surface area contributed by atoms with E-state index in [4.69, 9.17) is 0 Å². The second-order valence-corrected chi connectivity index (χ2v) is 6.73. The molecule has 0 bridgehead atoms. The van der Waals surface area contributed by atoms with Crippen molar-refractivity contribution in [2.24, 2.45) is 0 Å². The molecule has 17 heavy (non-hydrogen) atoms. The molecule has 4 nitrogen and oxygen atoms in total. The van der Waals surface area contributed by atoms with Crippen LogP contribution in [0, 0.1) is 0 Å². The van der Waals surface area contributed by atoms with E-state index in [1.54, 1.807) is 0 Å². The molecule has 3 unspecified atom stereocenters. The maximum atomic E-state index is 11.9. The van der Waals surface area contributed by atoms with Crippen molar-refractivity contribution in [1.29, 1.82) is 0 Å². The molecule has 0 spiro atoms. The Hall–Kier alpha value is -0.420. The van der Waals surface area contributed by atoms with Crippen LogP contribution in [0.3, 0.4) is 0 Å². The fraction of sp³-hybridized carbons (Fsp3) is 0.917. The summed E-state index contributed by atoms with van der Waals surface area (Å²) >= 11 is 0. The van der Waals surface area contributed by atoms with Crippen molar-refractivity contribution in [2.45, 2.75) is 57.4 Å². The summed E-state index contributed by atoms with van der Waals surface area (Å²) in [6.07, 6.45) is 2.99. The van der Waals surface area contributed by atoms with Gasteiger partial charge in [0.25, 0.3) is 0 Å². The highest BCUT2D eigenvalue weighted by molar-refractivity contribution is 7.86. The first kappa shape index (κ1) is 14.6. The molecule has 0 radical (unpaired) electrons. The van der Waals surface area contributed by atoms with Crippen LogP contribution < -0.4 is 10.6 Å². The molecular formula is C12H24N2O2S. The molecule has 1 aliphatic carbocycles. The zero-order valence-corrected chi connectivity index (χ0v) is 11.8. The summed E-state index contributed by atoms with van der Waals surface area (Å²) in [4.78, 5) is 11.5. The molecule has 1 rings (SSSR count). The number of amides is 1. The van der Waals surface area contributed by atoms with Crippen molar-refractivity contribution in [1.82, 2.24) is 10.6 Å². The standard InChI is InChI=1S/C12H24N2O2S/c1-4-13-9(2)7-10(3)17(16)8-12(15)14-11-5-6-11/h9-11,13H,4-8H2,1-3H3,(H,14,15). The van der Waals surface area contributed by atoms with Crippen LogP contribution >= 0.6 is 0 Å². The topological polar surface area (TPSA) is 58.2 Å². The lowest BCUT2D eigenvalue weighted by Gasteiger charge is -2.17. The Morgan fingerprint density at radius 3 is 2.59 bits per heavy atom. The molecule has 0 aromatic heterocycles. The molecule has 2 N–H and O–H groups in total. The maximum absolute atomic E-state index is 11.9. The average molecular weight is 260 g/mol. The molecule has 3 atom stereocenters. The summed E-state index contributed by atoms with van der Waals surface area (Å²) in [7, 11) is -1.06. The van der Waals surface area contributed by atoms with E-state index < -0.39 is 10.8 Å². The molecular weight excluding hydrogens is 236 g/mol. The number of hydrogen-bond acceptors (Lipinski definition) is 3.